The predicted molar refractivity (Wildman–Crippen MR) is 76.7 cm³/mol. The van der Waals surface area contributed by atoms with Gasteiger partial charge in [-0.15, -0.1) is 0 Å². The Morgan fingerprint density at radius 3 is 2.30 bits per heavy atom. The van der Waals surface area contributed by atoms with E-state index in [9.17, 15) is 9.59 Å². The van der Waals surface area contributed by atoms with E-state index in [2.05, 4.69) is 5.32 Å². The molecule has 0 spiro atoms. The number of piperazine rings is 1. The van der Waals surface area contributed by atoms with Crippen LogP contribution in [-0.2, 0) is 9.59 Å². The summed E-state index contributed by atoms with van der Waals surface area (Å²) in [7, 11) is 1.59. The largest absolute Gasteiger partial charge is 0.497 e. The third-order valence-corrected chi connectivity index (χ3v) is 3.50. The molecule has 1 saturated heterocycles. The lowest BCUT2D eigenvalue weighted by atomic mass is 9.96. The van der Waals surface area contributed by atoms with Gasteiger partial charge in [0.15, 0.2) is 0 Å². The fourth-order valence-electron chi connectivity index (χ4n) is 2.46. The molecule has 108 valence electrons. The van der Waals surface area contributed by atoms with Crippen LogP contribution in [0.5, 0.6) is 5.75 Å². The lowest BCUT2D eigenvalue weighted by Gasteiger charge is -2.39. The van der Waals surface area contributed by atoms with E-state index in [0.717, 1.165) is 11.4 Å². The van der Waals surface area contributed by atoms with Gasteiger partial charge in [-0.25, -0.2) is 0 Å². The van der Waals surface area contributed by atoms with Crippen LogP contribution in [0.4, 0.5) is 5.69 Å². The SMILES string of the molecule is COc1ccc(N2C(=O)C(C)NC(=O)C2C(C)C)cc1. The molecule has 0 aliphatic carbocycles. The smallest absolute Gasteiger partial charge is 0.250 e. The van der Waals surface area contributed by atoms with E-state index in [4.69, 9.17) is 4.74 Å². The van der Waals surface area contributed by atoms with Crippen molar-refractivity contribution in [2.24, 2.45) is 5.92 Å². The van der Waals surface area contributed by atoms with E-state index in [-0.39, 0.29) is 17.7 Å². The Morgan fingerprint density at radius 2 is 1.80 bits per heavy atom. The van der Waals surface area contributed by atoms with E-state index < -0.39 is 12.1 Å². The summed E-state index contributed by atoms with van der Waals surface area (Å²) in [5.41, 5.74) is 0.719. The number of hydrogen-bond donors (Lipinski definition) is 1. The first kappa shape index (κ1) is 14.4. The number of rotatable bonds is 3. The predicted octanol–water partition coefficient (Wildman–Crippen LogP) is 1.57. The summed E-state index contributed by atoms with van der Waals surface area (Å²) in [5.74, 6) is 0.557. The van der Waals surface area contributed by atoms with Gasteiger partial charge in [0.1, 0.15) is 17.8 Å². The molecule has 2 atom stereocenters. The zero-order valence-corrected chi connectivity index (χ0v) is 12.2. The normalized spacial score (nSPS) is 22.9. The third-order valence-electron chi connectivity index (χ3n) is 3.50. The Kier molecular flexibility index (Phi) is 3.97. The fourth-order valence-corrected chi connectivity index (χ4v) is 2.46. The molecular weight excluding hydrogens is 256 g/mol. The molecule has 5 nitrogen and oxygen atoms in total. The van der Waals surface area contributed by atoms with Crippen LogP contribution in [-0.4, -0.2) is 31.0 Å². The second-order valence-corrected chi connectivity index (χ2v) is 5.33. The number of benzene rings is 1. The monoisotopic (exact) mass is 276 g/mol. The number of hydrogen-bond acceptors (Lipinski definition) is 3. The first-order valence-corrected chi connectivity index (χ1v) is 6.73. The van der Waals surface area contributed by atoms with Crippen molar-refractivity contribution in [2.75, 3.05) is 12.0 Å². The number of methoxy groups -OCH3 is 1. The lowest BCUT2D eigenvalue weighted by molar-refractivity contribution is -0.134. The van der Waals surface area contributed by atoms with E-state index in [1.165, 1.54) is 0 Å². The average molecular weight is 276 g/mol. The summed E-state index contributed by atoms with van der Waals surface area (Å²) in [5, 5.41) is 2.73. The number of nitrogens with one attached hydrogen (secondary N) is 1. The highest BCUT2D eigenvalue weighted by molar-refractivity contribution is 6.08. The molecule has 0 radical (unpaired) electrons. The molecule has 2 rings (SSSR count). The number of nitrogens with zero attached hydrogens (tertiary/aromatic N) is 1. The summed E-state index contributed by atoms with van der Waals surface area (Å²) >= 11 is 0. The van der Waals surface area contributed by atoms with Crippen molar-refractivity contribution in [3.63, 3.8) is 0 Å². The number of amides is 2. The van der Waals surface area contributed by atoms with Crippen LogP contribution in [0.15, 0.2) is 24.3 Å². The first-order valence-electron chi connectivity index (χ1n) is 6.73. The summed E-state index contributed by atoms with van der Waals surface area (Å²) in [6.07, 6.45) is 0. The maximum absolute atomic E-state index is 12.4. The quantitative estimate of drug-likeness (QED) is 0.911. The van der Waals surface area contributed by atoms with Crippen molar-refractivity contribution in [2.45, 2.75) is 32.9 Å². The van der Waals surface area contributed by atoms with Crippen molar-refractivity contribution in [3.05, 3.63) is 24.3 Å². The molecule has 20 heavy (non-hydrogen) atoms. The molecule has 2 unspecified atom stereocenters. The van der Waals surface area contributed by atoms with Gasteiger partial charge in [0.2, 0.25) is 11.8 Å². The van der Waals surface area contributed by atoms with Crippen LogP contribution in [0, 0.1) is 5.92 Å². The van der Waals surface area contributed by atoms with Crippen LogP contribution >= 0.6 is 0 Å². The van der Waals surface area contributed by atoms with Gasteiger partial charge in [-0.2, -0.15) is 0 Å². The second kappa shape index (κ2) is 5.53. The van der Waals surface area contributed by atoms with Gasteiger partial charge in [0, 0.05) is 5.69 Å². The number of ether oxygens (including phenoxy) is 1. The molecule has 1 aromatic carbocycles. The molecule has 1 N–H and O–H groups in total. The molecule has 1 heterocycles. The Labute approximate surface area is 118 Å². The Morgan fingerprint density at radius 1 is 1.20 bits per heavy atom. The molecule has 2 amide bonds. The van der Waals surface area contributed by atoms with Crippen molar-refractivity contribution < 1.29 is 14.3 Å². The van der Waals surface area contributed by atoms with E-state index in [1.54, 1.807) is 43.2 Å². The van der Waals surface area contributed by atoms with E-state index >= 15 is 0 Å². The van der Waals surface area contributed by atoms with E-state index in [0.29, 0.717) is 0 Å². The summed E-state index contributed by atoms with van der Waals surface area (Å²) in [6, 6.07) is 6.20. The maximum atomic E-state index is 12.4. The van der Waals surface area contributed by atoms with Gasteiger partial charge in [0.25, 0.3) is 0 Å². The van der Waals surface area contributed by atoms with Gasteiger partial charge >= 0.3 is 0 Å². The van der Waals surface area contributed by atoms with Crippen LogP contribution in [0.3, 0.4) is 0 Å². The minimum Gasteiger partial charge on any atom is -0.497 e. The molecule has 0 saturated carbocycles. The molecule has 0 bridgehead atoms. The summed E-state index contributed by atoms with van der Waals surface area (Å²) in [6.45, 7) is 5.57. The van der Waals surface area contributed by atoms with Gasteiger partial charge in [-0.05, 0) is 37.1 Å². The molecule has 0 aromatic heterocycles. The van der Waals surface area contributed by atoms with Crippen LogP contribution in [0.2, 0.25) is 0 Å². The molecule has 1 fully saturated rings. The molecule has 1 aromatic rings. The van der Waals surface area contributed by atoms with Gasteiger partial charge in [-0.1, -0.05) is 13.8 Å². The molecule has 5 heteroatoms. The van der Waals surface area contributed by atoms with Gasteiger partial charge in [-0.3, -0.25) is 14.5 Å². The topological polar surface area (TPSA) is 58.6 Å². The number of anilines is 1. The highest BCUT2D eigenvalue weighted by atomic mass is 16.5. The van der Waals surface area contributed by atoms with Crippen LogP contribution in [0.1, 0.15) is 20.8 Å². The minimum atomic E-state index is -0.500. The fraction of sp³-hybridized carbons (Fsp3) is 0.467. The highest BCUT2D eigenvalue weighted by Crippen LogP contribution is 2.27. The summed E-state index contributed by atoms with van der Waals surface area (Å²) in [4.78, 5) is 26.2. The molecular formula is C15H20N2O3. The second-order valence-electron chi connectivity index (χ2n) is 5.33. The van der Waals surface area contributed by atoms with Gasteiger partial charge in [0.05, 0.1) is 7.11 Å². The Balaban J connectivity index is 2.41. The maximum Gasteiger partial charge on any atom is 0.250 e. The first-order chi connectivity index (χ1) is 9.45. The molecule has 1 aliphatic rings. The number of carbonyl (C=O) groups excluding carboxylic acids is 2. The third kappa shape index (κ3) is 2.48. The van der Waals surface area contributed by atoms with Crippen molar-refractivity contribution in [3.8, 4) is 5.75 Å². The Hall–Kier alpha value is -2.04. The van der Waals surface area contributed by atoms with Crippen LogP contribution in [0.25, 0.3) is 0 Å². The van der Waals surface area contributed by atoms with Crippen molar-refractivity contribution >= 4 is 17.5 Å². The standard InChI is InChI=1S/C15H20N2O3/c1-9(2)13-14(18)16-10(3)15(19)17(13)11-5-7-12(20-4)8-6-11/h5-10,13H,1-4H3,(H,16,18). The highest BCUT2D eigenvalue weighted by Gasteiger charge is 2.40. The minimum absolute atomic E-state index is 0.0357. The lowest BCUT2D eigenvalue weighted by Crippen LogP contribution is -2.64. The zero-order chi connectivity index (χ0) is 14.9. The summed E-state index contributed by atoms with van der Waals surface area (Å²) < 4.78 is 5.12. The number of carbonyl (C=O) groups is 2. The van der Waals surface area contributed by atoms with Crippen LogP contribution < -0.4 is 15.0 Å². The molecule has 1 aliphatic heterocycles. The average Bonchev–Trinajstić information content (AvgIpc) is 2.42. The Bertz CT molecular complexity index is 510. The van der Waals surface area contributed by atoms with Gasteiger partial charge < -0.3 is 10.1 Å². The van der Waals surface area contributed by atoms with E-state index in [1.807, 2.05) is 13.8 Å². The zero-order valence-electron chi connectivity index (χ0n) is 12.2. The van der Waals surface area contributed by atoms with Crippen molar-refractivity contribution in [1.82, 2.24) is 5.32 Å². The van der Waals surface area contributed by atoms with Crippen molar-refractivity contribution in [1.29, 1.82) is 0 Å².